The first-order valence-corrected chi connectivity index (χ1v) is 11.0. The molecule has 2 aromatic rings. The molecule has 0 spiro atoms. The van der Waals surface area contributed by atoms with Gasteiger partial charge in [-0.25, -0.2) is 9.19 Å². The maximum atomic E-state index is 12.8. The smallest absolute Gasteiger partial charge is 0.251 e. The molecule has 0 bridgehead atoms. The highest BCUT2D eigenvalue weighted by molar-refractivity contribution is 7.97. The van der Waals surface area contributed by atoms with Crippen LogP contribution in [-0.2, 0) is 21.7 Å². The number of nitrogens with zero attached hydrogens (tertiary/aromatic N) is 3. The van der Waals surface area contributed by atoms with Crippen LogP contribution in [-0.4, -0.2) is 26.7 Å². The Morgan fingerprint density at radius 3 is 2.58 bits per heavy atom. The van der Waals surface area contributed by atoms with E-state index in [9.17, 15) is 17.4 Å². The minimum atomic E-state index is -4.49. The van der Waals surface area contributed by atoms with Gasteiger partial charge in [0.2, 0.25) is 5.13 Å². The third-order valence-corrected chi connectivity index (χ3v) is 7.20. The lowest BCUT2D eigenvalue weighted by atomic mass is 10.2. The first-order valence-electron chi connectivity index (χ1n) is 6.81. The number of rotatable bonds is 5. The van der Waals surface area contributed by atoms with Crippen molar-refractivity contribution in [1.82, 2.24) is 9.97 Å². The number of pyridine rings is 1. The van der Waals surface area contributed by atoms with Crippen molar-refractivity contribution < 1.29 is 17.4 Å². The second-order valence-corrected chi connectivity index (χ2v) is 9.68. The molecule has 0 fully saturated rings. The lowest BCUT2D eigenvalue weighted by Crippen LogP contribution is -2.11. The summed E-state index contributed by atoms with van der Waals surface area (Å²) in [6.07, 6.45) is 1.76. The number of aromatic nitrogens is 2. The van der Waals surface area contributed by atoms with Crippen molar-refractivity contribution in [3.8, 4) is 0 Å². The number of thiazole rings is 1. The summed E-state index contributed by atoms with van der Waals surface area (Å²) < 4.78 is 54.8. The monoisotopic (exact) mass is 395 g/mol. The summed E-state index contributed by atoms with van der Waals surface area (Å²) in [4.78, 5) is 8.58. The predicted octanol–water partition coefficient (Wildman–Crippen LogP) is 4.91. The first-order chi connectivity index (χ1) is 11.1. The maximum Gasteiger partial charge on any atom is 0.433 e. The van der Waals surface area contributed by atoms with Gasteiger partial charge in [0.1, 0.15) is 5.69 Å². The molecule has 0 N–H and O–H groups in total. The number of thioether (sulfide) groups is 1. The molecule has 0 aliphatic carbocycles. The molecule has 2 aromatic heterocycles. The normalized spacial score (nSPS) is 15.8. The summed E-state index contributed by atoms with van der Waals surface area (Å²) in [6, 6.07) is 2.18. The molecular formula is C14H16F3N3OS3. The molecule has 10 heteroatoms. The van der Waals surface area contributed by atoms with Crippen LogP contribution in [0.15, 0.2) is 28.9 Å². The Labute approximate surface area is 147 Å². The van der Waals surface area contributed by atoms with Gasteiger partial charge in [-0.3, -0.25) is 4.98 Å². The summed E-state index contributed by atoms with van der Waals surface area (Å²) in [5, 5.41) is -0.154. The van der Waals surface area contributed by atoms with Crippen LogP contribution in [0.25, 0.3) is 0 Å². The quantitative estimate of drug-likeness (QED) is 0.722. The highest BCUT2D eigenvalue weighted by Crippen LogP contribution is 2.31. The zero-order chi connectivity index (χ0) is 18.0. The minimum Gasteiger partial charge on any atom is -0.251 e. The molecule has 0 amide bonds. The molecule has 0 radical (unpaired) electrons. The Kier molecular flexibility index (Phi) is 5.92. The predicted molar refractivity (Wildman–Crippen MR) is 93.1 cm³/mol. The molecule has 2 unspecified atom stereocenters. The van der Waals surface area contributed by atoms with E-state index in [4.69, 9.17) is 0 Å². The average molecular weight is 395 g/mol. The molecule has 132 valence electrons. The number of alkyl halides is 3. The van der Waals surface area contributed by atoms with E-state index in [2.05, 4.69) is 14.3 Å². The molecule has 24 heavy (non-hydrogen) atoms. The molecule has 0 aliphatic rings. The van der Waals surface area contributed by atoms with Crippen molar-refractivity contribution >= 4 is 38.0 Å². The van der Waals surface area contributed by atoms with E-state index in [1.165, 1.54) is 23.7 Å². The molecule has 4 nitrogen and oxygen atoms in total. The van der Waals surface area contributed by atoms with Crippen LogP contribution in [0, 0.1) is 0 Å². The molecule has 2 rings (SSSR count). The lowest BCUT2D eigenvalue weighted by Gasteiger charge is -2.14. The van der Waals surface area contributed by atoms with Crippen LogP contribution in [0.4, 0.5) is 18.3 Å². The summed E-state index contributed by atoms with van der Waals surface area (Å²) >= 11 is 3.01. The lowest BCUT2D eigenvalue weighted by molar-refractivity contribution is -0.141. The van der Waals surface area contributed by atoms with Crippen LogP contribution in [0.5, 0.6) is 0 Å². The van der Waals surface area contributed by atoms with Crippen LogP contribution in [0.3, 0.4) is 0 Å². The van der Waals surface area contributed by atoms with Crippen molar-refractivity contribution in [2.24, 2.45) is 4.36 Å². The Hall–Kier alpha value is -1.13. The Morgan fingerprint density at radius 1 is 1.33 bits per heavy atom. The van der Waals surface area contributed by atoms with E-state index in [1.54, 1.807) is 24.9 Å². The second-order valence-electron chi connectivity index (χ2n) is 5.11. The topological polar surface area (TPSA) is 55.2 Å². The van der Waals surface area contributed by atoms with E-state index in [-0.39, 0.29) is 0 Å². The van der Waals surface area contributed by atoms with Gasteiger partial charge in [0.25, 0.3) is 0 Å². The van der Waals surface area contributed by atoms with Crippen LogP contribution in [0.2, 0.25) is 0 Å². The van der Waals surface area contributed by atoms with Crippen molar-refractivity contribution in [3.05, 3.63) is 40.7 Å². The third-order valence-electron chi connectivity index (χ3n) is 3.29. The van der Waals surface area contributed by atoms with Crippen molar-refractivity contribution in [2.45, 2.75) is 24.1 Å². The minimum absolute atomic E-state index is 0.415. The van der Waals surface area contributed by atoms with Gasteiger partial charge in [-0.2, -0.15) is 29.3 Å². The summed E-state index contributed by atoms with van der Waals surface area (Å²) in [7, 11) is -2.72. The van der Waals surface area contributed by atoms with Crippen LogP contribution in [0.1, 0.15) is 28.3 Å². The molecule has 0 aromatic carbocycles. The van der Waals surface area contributed by atoms with Crippen molar-refractivity contribution in [1.29, 1.82) is 0 Å². The Morgan fingerprint density at radius 2 is 2.04 bits per heavy atom. The van der Waals surface area contributed by atoms with E-state index in [0.717, 1.165) is 22.9 Å². The van der Waals surface area contributed by atoms with Crippen LogP contribution < -0.4 is 0 Å². The summed E-state index contributed by atoms with van der Waals surface area (Å²) in [6.45, 7) is 1.66. The van der Waals surface area contributed by atoms with Crippen molar-refractivity contribution in [2.75, 3.05) is 12.5 Å². The number of hydrogen-bond acceptors (Lipinski definition) is 6. The maximum absolute atomic E-state index is 12.8. The highest BCUT2D eigenvalue weighted by Gasteiger charge is 2.32. The fraction of sp³-hybridized carbons (Fsp3) is 0.429. The van der Waals surface area contributed by atoms with Crippen LogP contribution >= 0.6 is 23.1 Å². The number of hydrogen-bond donors (Lipinski definition) is 0. The Bertz CT molecular complexity index is 809. The van der Waals surface area contributed by atoms with Gasteiger partial charge in [0.15, 0.2) is 0 Å². The fourth-order valence-electron chi connectivity index (χ4n) is 1.85. The van der Waals surface area contributed by atoms with E-state index < -0.39 is 26.8 Å². The fourth-order valence-corrected chi connectivity index (χ4v) is 4.99. The zero-order valence-corrected chi connectivity index (χ0v) is 15.7. The summed E-state index contributed by atoms with van der Waals surface area (Å²) in [5.74, 6) is 0.802. The number of halogens is 3. The molecular weight excluding hydrogens is 379 g/mol. The van der Waals surface area contributed by atoms with Gasteiger partial charge in [-0.05, 0) is 24.8 Å². The second kappa shape index (κ2) is 7.40. The molecule has 0 saturated heterocycles. The third kappa shape index (κ3) is 4.70. The summed E-state index contributed by atoms with van der Waals surface area (Å²) in [5.41, 5.74) is -0.528. The average Bonchev–Trinajstić information content (AvgIpc) is 2.92. The highest BCUT2D eigenvalue weighted by atomic mass is 32.2. The zero-order valence-electron chi connectivity index (χ0n) is 13.2. The van der Waals surface area contributed by atoms with Gasteiger partial charge >= 0.3 is 6.18 Å². The largest absolute Gasteiger partial charge is 0.433 e. The van der Waals surface area contributed by atoms with Gasteiger partial charge < -0.3 is 0 Å². The SMILES string of the molecule is CSCc1cnc(N=S(C)(=O)C(C)c2ccc(C(F)(F)F)nc2)s1. The molecule has 0 saturated carbocycles. The van der Waals surface area contributed by atoms with Gasteiger partial charge in [-0.1, -0.05) is 17.4 Å². The van der Waals surface area contributed by atoms with Gasteiger partial charge in [0, 0.05) is 29.3 Å². The molecule has 2 atom stereocenters. The standard InChI is InChI=1S/C14H16F3N3OS3/c1-9(10-4-5-12(18-6-10)14(15,16)17)24(3,21)20-13-19-7-11(23-13)8-22-2/h4-7,9H,8H2,1-3H3. The van der Waals surface area contributed by atoms with E-state index in [0.29, 0.717) is 10.7 Å². The molecule has 0 aliphatic heterocycles. The first kappa shape index (κ1) is 19.2. The van der Waals surface area contributed by atoms with E-state index >= 15 is 0 Å². The van der Waals surface area contributed by atoms with Crippen molar-refractivity contribution in [3.63, 3.8) is 0 Å². The van der Waals surface area contributed by atoms with Gasteiger partial charge in [0.05, 0.1) is 15.0 Å². The van der Waals surface area contributed by atoms with E-state index in [1.807, 2.05) is 6.26 Å². The van der Waals surface area contributed by atoms with Gasteiger partial charge in [-0.15, -0.1) is 0 Å². The molecule has 2 heterocycles. The Balaban J connectivity index is 2.27.